The van der Waals surface area contributed by atoms with Crippen LogP contribution in [0.1, 0.15) is 41.5 Å². The molecule has 1 aliphatic heterocycles. The van der Waals surface area contributed by atoms with Gasteiger partial charge in [0, 0.05) is 5.92 Å². The van der Waals surface area contributed by atoms with Crippen LogP contribution >= 0.6 is 0 Å². The summed E-state index contributed by atoms with van der Waals surface area (Å²) in [6.45, 7) is 2.27. The smallest absolute Gasteiger partial charge is 0.239 e. The highest BCUT2D eigenvalue weighted by Gasteiger charge is 2.68. The molecule has 1 saturated heterocycles. The van der Waals surface area contributed by atoms with Gasteiger partial charge in [0.1, 0.15) is 5.75 Å². The molecule has 33 heavy (non-hydrogen) atoms. The summed E-state index contributed by atoms with van der Waals surface area (Å²) in [5.41, 5.74) is 3.51. The molecule has 5 heteroatoms. The zero-order chi connectivity index (χ0) is 22.7. The van der Waals surface area contributed by atoms with Crippen molar-refractivity contribution in [2.24, 2.45) is 11.8 Å². The van der Waals surface area contributed by atoms with Gasteiger partial charge in [0.05, 0.1) is 36.2 Å². The summed E-state index contributed by atoms with van der Waals surface area (Å²) in [6, 6.07) is 23.1. The zero-order valence-corrected chi connectivity index (χ0v) is 18.4. The lowest BCUT2D eigenvalue weighted by Crippen LogP contribution is -2.55. The normalized spacial score (nSPS) is 26.7. The largest absolute Gasteiger partial charge is 0.491 e. The molecule has 3 aromatic rings. The van der Waals surface area contributed by atoms with Gasteiger partial charge >= 0.3 is 0 Å². The van der Waals surface area contributed by atoms with Crippen LogP contribution in [-0.2, 0) is 15.0 Å². The van der Waals surface area contributed by atoms with Crippen LogP contribution in [0.4, 0.5) is 5.69 Å². The molecule has 2 bridgehead atoms. The van der Waals surface area contributed by atoms with Gasteiger partial charge in [0.2, 0.25) is 11.8 Å². The van der Waals surface area contributed by atoms with Crippen LogP contribution in [-0.4, -0.2) is 30.1 Å². The van der Waals surface area contributed by atoms with E-state index in [1.807, 2.05) is 67.6 Å². The van der Waals surface area contributed by atoms with Crippen LogP contribution in [0.3, 0.4) is 0 Å². The van der Waals surface area contributed by atoms with Gasteiger partial charge in [-0.05, 0) is 40.8 Å². The Morgan fingerprint density at radius 3 is 2.12 bits per heavy atom. The fraction of sp³-hybridized carbons (Fsp3) is 0.286. The number of hydrogen-bond donors (Lipinski definition) is 1. The van der Waals surface area contributed by atoms with Crippen LogP contribution in [0.15, 0.2) is 72.8 Å². The highest BCUT2D eigenvalue weighted by molar-refractivity contribution is 6.24. The van der Waals surface area contributed by atoms with Crippen molar-refractivity contribution >= 4 is 17.5 Å². The van der Waals surface area contributed by atoms with Crippen LogP contribution in [0.5, 0.6) is 5.75 Å². The second-order valence-electron chi connectivity index (χ2n) is 9.11. The molecule has 3 aromatic carbocycles. The molecule has 2 unspecified atom stereocenters. The van der Waals surface area contributed by atoms with Crippen molar-refractivity contribution in [2.45, 2.75) is 24.7 Å². The second kappa shape index (κ2) is 7.29. The van der Waals surface area contributed by atoms with E-state index in [-0.39, 0.29) is 24.3 Å². The minimum atomic E-state index is -0.951. The molecule has 1 heterocycles. The number of hydrogen-bond acceptors (Lipinski definition) is 4. The van der Waals surface area contributed by atoms with Gasteiger partial charge in [0.15, 0.2) is 0 Å². The molecule has 0 saturated carbocycles. The fourth-order valence-corrected chi connectivity index (χ4v) is 6.41. The Morgan fingerprint density at radius 1 is 0.879 bits per heavy atom. The highest BCUT2D eigenvalue weighted by Crippen LogP contribution is 2.64. The third-order valence-corrected chi connectivity index (χ3v) is 7.61. The van der Waals surface area contributed by atoms with E-state index in [9.17, 15) is 14.7 Å². The monoisotopic (exact) mass is 439 g/mol. The quantitative estimate of drug-likeness (QED) is 0.610. The number of amides is 2. The third kappa shape index (κ3) is 2.46. The Morgan fingerprint density at radius 2 is 1.48 bits per heavy atom. The number of rotatable bonds is 5. The maximum absolute atomic E-state index is 14.1. The molecule has 1 fully saturated rings. The number of anilines is 1. The van der Waals surface area contributed by atoms with Gasteiger partial charge in [-0.1, -0.05) is 67.6 Å². The molecule has 1 N–H and O–H groups in total. The molecule has 166 valence electrons. The molecule has 3 aliphatic carbocycles. The molecular weight excluding hydrogens is 414 g/mol. The van der Waals surface area contributed by atoms with Crippen molar-refractivity contribution in [3.8, 4) is 5.75 Å². The Kier molecular flexibility index (Phi) is 4.46. The Labute approximate surface area is 192 Å². The molecule has 2 amide bonds. The predicted molar refractivity (Wildman–Crippen MR) is 124 cm³/mol. The minimum Gasteiger partial charge on any atom is -0.491 e. The first kappa shape index (κ1) is 20.2. The molecule has 0 aromatic heterocycles. The van der Waals surface area contributed by atoms with Gasteiger partial charge in [-0.3, -0.25) is 9.59 Å². The van der Waals surface area contributed by atoms with Crippen molar-refractivity contribution in [1.29, 1.82) is 0 Å². The summed E-state index contributed by atoms with van der Waals surface area (Å²) in [4.78, 5) is 29.4. The van der Waals surface area contributed by atoms with Gasteiger partial charge < -0.3 is 9.84 Å². The van der Waals surface area contributed by atoms with Gasteiger partial charge in [-0.25, -0.2) is 4.90 Å². The van der Waals surface area contributed by atoms with E-state index in [1.54, 1.807) is 12.1 Å². The lowest BCUT2D eigenvalue weighted by molar-refractivity contribution is -0.124. The number of aliphatic hydroxyl groups is 1. The zero-order valence-electron chi connectivity index (χ0n) is 18.4. The third-order valence-electron chi connectivity index (χ3n) is 7.61. The van der Waals surface area contributed by atoms with E-state index in [4.69, 9.17) is 4.74 Å². The first-order valence-electron chi connectivity index (χ1n) is 11.5. The molecule has 0 radical (unpaired) electrons. The number of ether oxygens (including phenoxy) is 1. The SMILES string of the molecule is CCCOc1ccccc1N1C(=O)C2C3c4ccccc4C(CO)(c4ccccc43)C2C1=O. The summed E-state index contributed by atoms with van der Waals surface area (Å²) >= 11 is 0. The molecular formula is C28H25NO4. The highest BCUT2D eigenvalue weighted by atomic mass is 16.5. The van der Waals surface area contributed by atoms with Crippen LogP contribution < -0.4 is 9.64 Å². The predicted octanol–water partition coefficient (Wildman–Crippen LogP) is 4.02. The number of carbonyl (C=O) groups is 2. The van der Waals surface area contributed by atoms with E-state index < -0.39 is 17.3 Å². The average molecular weight is 440 g/mol. The molecule has 7 rings (SSSR count). The van der Waals surface area contributed by atoms with E-state index in [0.29, 0.717) is 18.0 Å². The molecule has 4 aliphatic rings. The van der Waals surface area contributed by atoms with E-state index in [1.165, 1.54) is 4.90 Å². The van der Waals surface area contributed by atoms with E-state index in [2.05, 4.69) is 0 Å². The van der Waals surface area contributed by atoms with Crippen molar-refractivity contribution in [2.75, 3.05) is 18.1 Å². The van der Waals surface area contributed by atoms with Crippen molar-refractivity contribution in [3.63, 3.8) is 0 Å². The number of carbonyl (C=O) groups excluding carboxylic acids is 2. The summed E-state index contributed by atoms with van der Waals surface area (Å²) < 4.78 is 5.90. The summed E-state index contributed by atoms with van der Waals surface area (Å²) in [5, 5.41) is 10.9. The second-order valence-corrected chi connectivity index (χ2v) is 9.11. The van der Waals surface area contributed by atoms with Crippen LogP contribution in [0.25, 0.3) is 0 Å². The Bertz CT molecular complexity index is 1230. The van der Waals surface area contributed by atoms with Gasteiger partial charge in [-0.15, -0.1) is 0 Å². The fourth-order valence-electron chi connectivity index (χ4n) is 6.41. The summed E-state index contributed by atoms with van der Waals surface area (Å²) in [7, 11) is 0. The molecule has 0 spiro atoms. The Balaban J connectivity index is 1.58. The minimum absolute atomic E-state index is 0.218. The van der Waals surface area contributed by atoms with Crippen molar-refractivity contribution in [3.05, 3.63) is 95.1 Å². The first-order valence-corrected chi connectivity index (χ1v) is 11.5. The first-order chi connectivity index (χ1) is 16.1. The van der Waals surface area contributed by atoms with Gasteiger partial charge in [0.25, 0.3) is 0 Å². The van der Waals surface area contributed by atoms with E-state index in [0.717, 1.165) is 28.7 Å². The number of nitrogens with zero attached hydrogens (tertiary/aromatic N) is 1. The van der Waals surface area contributed by atoms with Crippen molar-refractivity contribution < 1.29 is 19.4 Å². The molecule has 5 nitrogen and oxygen atoms in total. The maximum Gasteiger partial charge on any atom is 0.239 e. The maximum atomic E-state index is 14.1. The van der Waals surface area contributed by atoms with Crippen molar-refractivity contribution in [1.82, 2.24) is 0 Å². The average Bonchev–Trinajstić information content (AvgIpc) is 3.13. The Hall–Kier alpha value is -3.44. The number of benzene rings is 3. The van der Waals surface area contributed by atoms with Crippen LogP contribution in [0, 0.1) is 11.8 Å². The summed E-state index contributed by atoms with van der Waals surface area (Å²) in [5.74, 6) is -1.40. The standard InChI is InChI=1S/C28H25NO4/c1-2-15-33-22-14-8-7-13-21(22)29-26(31)24-23-17-9-3-5-11-19(17)28(16-30,25(24)27(29)32)20-12-6-4-10-18(20)23/h3-14,23-25,30H,2,15-16H2,1H3. The van der Waals surface area contributed by atoms with E-state index >= 15 is 0 Å². The molecule has 2 atom stereocenters. The topological polar surface area (TPSA) is 66.8 Å². The lowest BCUT2D eigenvalue weighted by atomic mass is 9.47. The summed E-state index contributed by atoms with van der Waals surface area (Å²) in [6.07, 6.45) is 0.821. The lowest BCUT2D eigenvalue weighted by Gasteiger charge is -2.53. The van der Waals surface area contributed by atoms with Gasteiger partial charge in [-0.2, -0.15) is 0 Å². The number of aliphatic hydroxyl groups excluding tert-OH is 1. The number of imide groups is 1. The van der Waals surface area contributed by atoms with Crippen LogP contribution in [0.2, 0.25) is 0 Å². The number of para-hydroxylation sites is 2.